The molecule has 0 spiro atoms. The van der Waals surface area contributed by atoms with Crippen molar-refractivity contribution >= 4 is 96.4 Å². The van der Waals surface area contributed by atoms with Gasteiger partial charge in [0.2, 0.25) is 0 Å². The van der Waals surface area contributed by atoms with Crippen LogP contribution in [0.2, 0.25) is 0 Å². The van der Waals surface area contributed by atoms with Crippen molar-refractivity contribution in [3.05, 3.63) is 276 Å². The number of primary amides is 1. The first kappa shape index (κ1) is 83.4. The molecule has 116 heavy (non-hydrogen) atoms. The number of aromatic nitrogens is 4. The Morgan fingerprint density at radius 1 is 0.483 bits per heavy atom. The molecule has 0 unspecified atom stereocenters. The predicted molar refractivity (Wildman–Crippen MR) is 440 cm³/mol. The topological polar surface area (TPSA) is 330 Å². The van der Waals surface area contributed by atoms with Crippen molar-refractivity contribution in [3.8, 4) is 35.5 Å². The molecule has 592 valence electrons. The Morgan fingerprint density at radius 3 is 1.42 bits per heavy atom. The largest absolute Gasteiger partial charge is 0.416 e. The molecule has 5 amide bonds. The van der Waals surface area contributed by atoms with Crippen LogP contribution in [0.5, 0.6) is 0 Å². The van der Waals surface area contributed by atoms with E-state index in [0.29, 0.717) is 81.9 Å². The Bertz CT molecular complexity index is 5800. The summed E-state index contributed by atoms with van der Waals surface area (Å²) in [6, 6.07) is 38.6. The second kappa shape index (κ2) is 37.4. The number of guanidine groups is 1. The maximum absolute atomic E-state index is 14.0. The molecule has 2 fully saturated rings. The maximum atomic E-state index is 14.0. The third kappa shape index (κ3) is 22.2. The number of piperazine rings is 2. The number of aliphatic imine (C=N–C) groups is 1. The van der Waals surface area contributed by atoms with E-state index in [1.807, 2.05) is 94.1 Å². The van der Waals surface area contributed by atoms with E-state index in [2.05, 4.69) is 96.7 Å². The average molecular weight is 1590 g/mol. The molecule has 13 rings (SSSR count). The number of aryl methyl sites for hydroxylation is 4. The number of hydrogen-bond acceptors (Lipinski definition) is 16. The summed E-state index contributed by atoms with van der Waals surface area (Å²) in [5, 5.41) is 25.9. The summed E-state index contributed by atoms with van der Waals surface area (Å²) >= 11 is 1.42. The summed E-state index contributed by atoms with van der Waals surface area (Å²) in [6.45, 7) is 13.9. The number of carbonyl (C=O) groups is 4. The fourth-order valence-corrected chi connectivity index (χ4v) is 13.1. The van der Waals surface area contributed by atoms with E-state index in [1.165, 1.54) is 41.8 Å². The molecule has 2 aliphatic heterocycles. The van der Waals surface area contributed by atoms with Crippen molar-refractivity contribution in [1.82, 2.24) is 39.5 Å². The molecule has 11 aromatic rings. The van der Waals surface area contributed by atoms with E-state index >= 15 is 0 Å². The highest BCUT2D eigenvalue weighted by Crippen LogP contribution is 2.37. The lowest BCUT2D eigenvalue weighted by molar-refractivity contribution is -0.139. The normalized spacial score (nSPS) is 13.3. The Hall–Kier alpha value is -13.5. The lowest BCUT2D eigenvalue weighted by atomic mass is 10.0. The van der Waals surface area contributed by atoms with Crippen LogP contribution in [0, 0.1) is 63.2 Å². The maximum Gasteiger partial charge on any atom is 0.416 e. The van der Waals surface area contributed by atoms with Gasteiger partial charge in [-0.2, -0.15) is 31.3 Å². The van der Waals surface area contributed by atoms with E-state index in [9.17, 15) is 45.5 Å². The number of amides is 5. The van der Waals surface area contributed by atoms with Crippen LogP contribution in [0.1, 0.15) is 114 Å². The molecule has 4 aromatic heterocycles. The molecule has 7 aromatic carbocycles. The molecular weight excluding hydrogens is 1510 g/mol. The van der Waals surface area contributed by atoms with E-state index in [1.54, 1.807) is 91.5 Å². The summed E-state index contributed by atoms with van der Waals surface area (Å²) in [6.07, 6.45) is -1.03. The first-order valence-electron chi connectivity index (χ1n) is 36.2. The molecule has 0 aliphatic carbocycles. The van der Waals surface area contributed by atoms with Gasteiger partial charge in [0, 0.05) is 173 Å². The van der Waals surface area contributed by atoms with Crippen molar-refractivity contribution in [2.75, 3.05) is 87.7 Å². The second-order valence-corrected chi connectivity index (χ2v) is 28.7. The Labute approximate surface area is 668 Å². The van der Waals surface area contributed by atoms with E-state index in [4.69, 9.17) is 28.1 Å². The van der Waals surface area contributed by atoms with Crippen LogP contribution in [0.3, 0.4) is 0 Å². The number of fused-ring (bicyclic) bond motifs is 2. The van der Waals surface area contributed by atoms with E-state index in [-0.39, 0.29) is 64.4 Å². The quantitative estimate of drug-likeness (QED) is 0.0129. The summed E-state index contributed by atoms with van der Waals surface area (Å²) < 4.78 is 83.9. The molecule has 0 bridgehead atoms. The zero-order valence-corrected chi connectivity index (χ0v) is 64.7. The van der Waals surface area contributed by atoms with Crippen LogP contribution in [0.4, 0.5) is 59.1 Å². The number of halogens is 6. The van der Waals surface area contributed by atoms with Crippen LogP contribution in [-0.4, -0.2) is 147 Å². The number of pyridine rings is 3. The Kier molecular flexibility index (Phi) is 26.9. The minimum Gasteiger partial charge on any atom is -0.409 e. The lowest BCUT2D eigenvalue weighted by Crippen LogP contribution is -2.44. The number of hydrogen-bond donors (Lipinski definition) is 9. The van der Waals surface area contributed by atoms with Crippen molar-refractivity contribution < 1.29 is 50.7 Å². The van der Waals surface area contributed by atoms with E-state index in [0.717, 1.165) is 87.0 Å². The van der Waals surface area contributed by atoms with Gasteiger partial charge in [-0.3, -0.25) is 39.5 Å². The standard InChI is InChI=1S/C33H32F3N7O.C29H29F3N6O2.C24H19N5O2S/c1-21-7-8-23(17-22(21)9-10-24-19-39-30(41-32(37)38)28-6-4-3-5-27(24)28)31(44)40-26-12-11-25(29(18-26)33(34,35)36)20-43-15-13-42(2)14-16-43;1-19-3-6-22(15-21(19)7-4-20-5-10-26(34-17-20)27(33)36-40)28(39)35-24-9-8-23(25(16-24)29(30,31)32)18-38-13-11-37(2)12-14-38;1-14-6-7-17(22(30)29-24-27-11-15(2)32-24)10-16(14)8-9-18-12-26-13-20-19(18)4-3-5-21(20)28-23(25)31/h3-8,11-12,17-19H,13-16,20H2,1-2H3,(H,40,44)(H4,37,38,39,41);3,5-6,8-10,15-17,40H,11-14,18H2,1-2H3,(H2,33,36)(H,35,39);3-7,10-13H,1-2H3,(H3,25,28,31)(H,27,29,30). The minimum atomic E-state index is -4.56. The van der Waals surface area contributed by atoms with Gasteiger partial charge in [0.25, 0.3) is 17.7 Å². The number of nitrogens with one attached hydrogen (secondary N) is 4. The highest BCUT2D eigenvalue weighted by molar-refractivity contribution is 7.15. The average Bonchev–Trinajstić information content (AvgIpc) is 0.931. The van der Waals surface area contributed by atoms with Crippen LogP contribution >= 0.6 is 11.3 Å². The molecular formula is C86H80F6N18O5S. The fraction of sp³-hybridized carbons (Fsp3) is 0.209. The van der Waals surface area contributed by atoms with Gasteiger partial charge in [0.05, 0.1) is 27.9 Å². The second-order valence-electron chi connectivity index (χ2n) is 27.4. The first-order valence-corrected chi connectivity index (χ1v) is 37.0. The van der Waals surface area contributed by atoms with Crippen molar-refractivity contribution in [2.45, 2.75) is 53.1 Å². The summed E-state index contributed by atoms with van der Waals surface area (Å²) in [5.41, 5.74) is 29.1. The van der Waals surface area contributed by atoms with Gasteiger partial charge < -0.3 is 53.9 Å². The predicted octanol–water partition coefficient (Wildman–Crippen LogP) is 13.2. The number of oxime groups is 1. The van der Waals surface area contributed by atoms with Gasteiger partial charge in [-0.1, -0.05) is 107 Å². The Balaban J connectivity index is 0.000000173. The van der Waals surface area contributed by atoms with Gasteiger partial charge in [-0.05, 0) is 148 Å². The number of likely N-dealkylation sites (N-methyl/N-ethyl adjacent to an activating group) is 2. The molecule has 2 aliphatic rings. The number of anilines is 4. The number of rotatable bonds is 13. The summed E-state index contributed by atoms with van der Waals surface area (Å²) in [4.78, 5) is 80.2. The van der Waals surface area contributed by atoms with Crippen LogP contribution < -0.4 is 44.2 Å². The first-order chi connectivity index (χ1) is 55.4. The van der Waals surface area contributed by atoms with Gasteiger partial charge in [0.15, 0.2) is 22.7 Å². The highest BCUT2D eigenvalue weighted by atomic mass is 32.1. The molecule has 2 saturated heterocycles. The molecule has 0 saturated carbocycles. The van der Waals surface area contributed by atoms with Crippen LogP contribution in [0.15, 0.2) is 187 Å². The molecule has 6 heterocycles. The smallest absolute Gasteiger partial charge is 0.409 e. The zero-order valence-electron chi connectivity index (χ0n) is 63.9. The number of nitrogens with zero attached hydrogens (tertiary/aromatic N) is 10. The molecule has 0 radical (unpaired) electrons. The molecule has 13 N–H and O–H groups in total. The van der Waals surface area contributed by atoms with Crippen LogP contribution in [-0.2, 0) is 25.4 Å². The van der Waals surface area contributed by atoms with Gasteiger partial charge in [-0.25, -0.2) is 14.8 Å². The number of thiazole rings is 1. The third-order valence-corrected chi connectivity index (χ3v) is 19.7. The third-order valence-electron chi connectivity index (χ3n) is 18.9. The number of carbonyl (C=O) groups excluding carboxylic acids is 4. The number of amidine groups is 1. The van der Waals surface area contributed by atoms with Crippen LogP contribution in [0.25, 0.3) is 21.5 Å². The van der Waals surface area contributed by atoms with Gasteiger partial charge in [0.1, 0.15) is 5.69 Å². The molecule has 30 heteroatoms. The number of urea groups is 1. The van der Waals surface area contributed by atoms with Crippen molar-refractivity contribution in [1.29, 1.82) is 0 Å². The monoisotopic (exact) mass is 1590 g/mol. The number of nitrogens with two attached hydrogens (primary N) is 4. The fourth-order valence-electron chi connectivity index (χ4n) is 12.4. The van der Waals surface area contributed by atoms with E-state index < -0.39 is 41.3 Å². The SMILES string of the molecule is Cc1ccc(C(=O)Nc2ccc(CN3CCN(C)CC3)c(C(F)(F)F)c2)cc1C#Cc1ccc(C(N)=NO)nc1.Cc1ccc(C(=O)Nc2ccc(CN3CCN(C)CC3)c(C(F)(F)F)c2)cc1C#Cc1cnc(N=C(N)N)c2ccccc12.Cc1cnc(NC(=O)c2ccc(C)c(C#Cc3cncc4c(NC(N)=O)cccc34)c2)s1. The minimum absolute atomic E-state index is 0.0597. The summed E-state index contributed by atoms with van der Waals surface area (Å²) in [5.74, 6) is 17.3. The zero-order chi connectivity index (χ0) is 83.0. The highest BCUT2D eigenvalue weighted by Gasteiger charge is 2.36. The van der Waals surface area contributed by atoms with Gasteiger partial charge in [-0.15, -0.1) is 11.3 Å². The molecule has 23 nitrogen and oxygen atoms in total. The number of alkyl halides is 6. The van der Waals surface area contributed by atoms with Crippen molar-refractivity contribution in [2.24, 2.45) is 33.1 Å². The number of benzene rings is 7. The van der Waals surface area contributed by atoms with Gasteiger partial charge >= 0.3 is 18.4 Å². The Morgan fingerprint density at radius 2 is 0.957 bits per heavy atom. The molecule has 0 atom stereocenters. The summed E-state index contributed by atoms with van der Waals surface area (Å²) in [7, 11) is 3.98. The lowest BCUT2D eigenvalue weighted by Gasteiger charge is -2.33. The van der Waals surface area contributed by atoms with Crippen molar-refractivity contribution in [3.63, 3.8) is 0 Å².